The molecular formula is C18H24N4O4. The summed E-state index contributed by atoms with van der Waals surface area (Å²) in [6, 6.07) is 3.07. The first-order valence-corrected chi connectivity index (χ1v) is 8.52. The molecule has 26 heavy (non-hydrogen) atoms. The fourth-order valence-electron chi connectivity index (χ4n) is 2.83. The molecule has 0 aliphatic heterocycles. The topological polar surface area (TPSA) is 86.6 Å². The number of hydrogen-bond donors (Lipinski definition) is 2. The zero-order valence-electron chi connectivity index (χ0n) is 15.2. The Morgan fingerprint density at radius 3 is 2.46 bits per heavy atom. The molecule has 0 radical (unpaired) electrons. The standard InChI is InChI=1S/C18H24N4O4/c1-24-14-10-13(11-15(25-2)16(14)26-3)21-18(23)20-7-9-22-8-6-19-17(22)12-4-5-12/h6,8,10-12H,4-5,7,9H2,1-3H3,(H2,20,21,23). The van der Waals surface area contributed by atoms with Crippen LogP contribution < -0.4 is 24.8 Å². The third kappa shape index (κ3) is 4.01. The van der Waals surface area contributed by atoms with Crippen LogP contribution in [0, 0.1) is 0 Å². The van der Waals surface area contributed by atoms with Crippen molar-refractivity contribution in [3.05, 3.63) is 30.4 Å². The van der Waals surface area contributed by atoms with Crippen molar-refractivity contribution in [2.75, 3.05) is 33.2 Å². The minimum Gasteiger partial charge on any atom is -0.493 e. The maximum atomic E-state index is 12.2. The van der Waals surface area contributed by atoms with Crippen LogP contribution in [0.2, 0.25) is 0 Å². The summed E-state index contributed by atoms with van der Waals surface area (Å²) in [5, 5.41) is 5.63. The molecule has 8 heteroatoms. The molecular weight excluding hydrogens is 336 g/mol. The summed E-state index contributed by atoms with van der Waals surface area (Å²) >= 11 is 0. The predicted octanol–water partition coefficient (Wildman–Crippen LogP) is 2.61. The Hall–Kier alpha value is -2.90. The summed E-state index contributed by atoms with van der Waals surface area (Å²) in [4.78, 5) is 16.6. The highest BCUT2D eigenvalue weighted by molar-refractivity contribution is 5.90. The molecule has 0 unspecified atom stereocenters. The maximum Gasteiger partial charge on any atom is 0.319 e. The van der Waals surface area contributed by atoms with Crippen LogP contribution in [0.3, 0.4) is 0 Å². The van der Waals surface area contributed by atoms with Gasteiger partial charge in [0.15, 0.2) is 11.5 Å². The van der Waals surface area contributed by atoms with Gasteiger partial charge in [-0.25, -0.2) is 9.78 Å². The summed E-state index contributed by atoms with van der Waals surface area (Å²) in [5.74, 6) is 3.13. The second kappa shape index (κ2) is 7.99. The number of methoxy groups -OCH3 is 3. The number of ether oxygens (including phenoxy) is 3. The molecule has 1 saturated carbocycles. The van der Waals surface area contributed by atoms with E-state index in [-0.39, 0.29) is 6.03 Å². The van der Waals surface area contributed by atoms with Gasteiger partial charge in [-0.15, -0.1) is 0 Å². The van der Waals surface area contributed by atoms with E-state index in [1.807, 2.05) is 12.4 Å². The number of nitrogens with zero attached hydrogens (tertiary/aromatic N) is 2. The molecule has 2 N–H and O–H groups in total. The number of anilines is 1. The summed E-state index contributed by atoms with van der Waals surface area (Å²) < 4.78 is 17.9. The molecule has 140 valence electrons. The van der Waals surface area contributed by atoms with Gasteiger partial charge in [0.2, 0.25) is 5.75 Å². The van der Waals surface area contributed by atoms with E-state index in [0.717, 1.165) is 5.82 Å². The van der Waals surface area contributed by atoms with Crippen molar-refractivity contribution < 1.29 is 19.0 Å². The Morgan fingerprint density at radius 1 is 1.19 bits per heavy atom. The number of nitrogens with one attached hydrogen (secondary N) is 2. The first kappa shape index (κ1) is 17.9. The predicted molar refractivity (Wildman–Crippen MR) is 97.3 cm³/mol. The van der Waals surface area contributed by atoms with Crippen molar-refractivity contribution in [3.8, 4) is 17.2 Å². The molecule has 3 rings (SSSR count). The molecule has 1 aliphatic carbocycles. The SMILES string of the molecule is COc1cc(NC(=O)NCCn2ccnc2C2CC2)cc(OC)c1OC. The van der Waals surface area contributed by atoms with Gasteiger partial charge in [-0.3, -0.25) is 0 Å². The van der Waals surface area contributed by atoms with Crippen molar-refractivity contribution in [1.29, 1.82) is 0 Å². The van der Waals surface area contributed by atoms with Crippen molar-refractivity contribution in [2.45, 2.75) is 25.3 Å². The van der Waals surface area contributed by atoms with E-state index in [0.29, 0.717) is 41.9 Å². The Balaban J connectivity index is 1.56. The van der Waals surface area contributed by atoms with E-state index in [2.05, 4.69) is 20.2 Å². The number of aromatic nitrogens is 2. The third-order valence-corrected chi connectivity index (χ3v) is 4.25. The Morgan fingerprint density at radius 2 is 1.88 bits per heavy atom. The molecule has 0 atom stereocenters. The third-order valence-electron chi connectivity index (χ3n) is 4.25. The number of carbonyl (C=O) groups is 1. The van der Waals surface area contributed by atoms with Crippen LogP contribution >= 0.6 is 0 Å². The van der Waals surface area contributed by atoms with E-state index in [1.165, 1.54) is 34.2 Å². The molecule has 0 spiro atoms. The van der Waals surface area contributed by atoms with Crippen molar-refractivity contribution in [2.24, 2.45) is 0 Å². The van der Waals surface area contributed by atoms with Gasteiger partial charge in [0.1, 0.15) is 5.82 Å². The second-order valence-corrected chi connectivity index (χ2v) is 6.05. The summed E-state index contributed by atoms with van der Waals surface area (Å²) in [6.07, 6.45) is 6.16. The fourth-order valence-corrected chi connectivity index (χ4v) is 2.83. The van der Waals surface area contributed by atoms with Gasteiger partial charge in [0, 0.05) is 43.5 Å². The molecule has 0 saturated heterocycles. The van der Waals surface area contributed by atoms with Crippen LogP contribution in [0.1, 0.15) is 24.6 Å². The van der Waals surface area contributed by atoms with Crippen molar-refractivity contribution >= 4 is 11.7 Å². The lowest BCUT2D eigenvalue weighted by Crippen LogP contribution is -2.31. The van der Waals surface area contributed by atoms with Gasteiger partial charge in [0.25, 0.3) is 0 Å². The van der Waals surface area contributed by atoms with Gasteiger partial charge >= 0.3 is 6.03 Å². The van der Waals surface area contributed by atoms with Gasteiger partial charge in [-0.1, -0.05) is 0 Å². The molecule has 8 nitrogen and oxygen atoms in total. The highest BCUT2D eigenvalue weighted by Gasteiger charge is 2.27. The Bertz CT molecular complexity index is 745. The largest absolute Gasteiger partial charge is 0.493 e. The number of imidazole rings is 1. The van der Waals surface area contributed by atoms with Crippen molar-refractivity contribution in [3.63, 3.8) is 0 Å². The van der Waals surface area contributed by atoms with Crippen LogP contribution in [0.5, 0.6) is 17.2 Å². The quantitative estimate of drug-likeness (QED) is 0.756. The van der Waals surface area contributed by atoms with Crippen molar-refractivity contribution in [1.82, 2.24) is 14.9 Å². The van der Waals surface area contributed by atoms with Crippen LogP contribution in [0.15, 0.2) is 24.5 Å². The molecule has 1 aromatic carbocycles. The van der Waals surface area contributed by atoms with Gasteiger partial charge in [-0.2, -0.15) is 0 Å². The maximum absolute atomic E-state index is 12.2. The lowest BCUT2D eigenvalue weighted by molar-refractivity contribution is 0.251. The molecule has 1 fully saturated rings. The normalized spacial score (nSPS) is 13.2. The molecule has 1 heterocycles. The average molecular weight is 360 g/mol. The molecule has 1 aliphatic rings. The number of carbonyl (C=O) groups excluding carboxylic acids is 1. The first-order chi connectivity index (χ1) is 12.7. The minimum absolute atomic E-state index is 0.299. The smallest absolute Gasteiger partial charge is 0.319 e. The number of amides is 2. The van der Waals surface area contributed by atoms with Crippen LogP contribution in [0.4, 0.5) is 10.5 Å². The van der Waals surface area contributed by atoms with Gasteiger partial charge in [0.05, 0.1) is 27.0 Å². The number of hydrogen-bond acceptors (Lipinski definition) is 5. The molecule has 0 bridgehead atoms. The highest BCUT2D eigenvalue weighted by Crippen LogP contribution is 2.40. The first-order valence-electron chi connectivity index (χ1n) is 8.52. The highest BCUT2D eigenvalue weighted by atomic mass is 16.5. The number of rotatable bonds is 8. The average Bonchev–Trinajstić information content (AvgIpc) is 3.39. The van der Waals surface area contributed by atoms with Crippen LogP contribution in [0.25, 0.3) is 0 Å². The number of urea groups is 1. The fraction of sp³-hybridized carbons (Fsp3) is 0.444. The molecule has 2 aromatic rings. The minimum atomic E-state index is -0.299. The van der Waals surface area contributed by atoms with E-state index in [9.17, 15) is 4.79 Å². The summed E-state index contributed by atoms with van der Waals surface area (Å²) in [6.45, 7) is 1.20. The number of benzene rings is 1. The zero-order chi connectivity index (χ0) is 18.5. The van der Waals surface area contributed by atoms with E-state index >= 15 is 0 Å². The molecule has 1 aromatic heterocycles. The Labute approximate surface area is 152 Å². The van der Waals surface area contributed by atoms with E-state index in [4.69, 9.17) is 14.2 Å². The zero-order valence-corrected chi connectivity index (χ0v) is 15.2. The van der Waals surface area contributed by atoms with E-state index < -0.39 is 0 Å². The lowest BCUT2D eigenvalue weighted by atomic mass is 10.2. The Kier molecular flexibility index (Phi) is 5.50. The van der Waals surface area contributed by atoms with Crippen LogP contribution in [-0.2, 0) is 6.54 Å². The second-order valence-electron chi connectivity index (χ2n) is 6.05. The van der Waals surface area contributed by atoms with Gasteiger partial charge < -0.3 is 29.4 Å². The monoisotopic (exact) mass is 360 g/mol. The summed E-state index contributed by atoms with van der Waals surface area (Å²) in [7, 11) is 4.60. The molecule has 2 amide bonds. The van der Waals surface area contributed by atoms with E-state index in [1.54, 1.807) is 12.1 Å². The van der Waals surface area contributed by atoms with Gasteiger partial charge in [-0.05, 0) is 12.8 Å². The summed E-state index contributed by atoms with van der Waals surface area (Å²) in [5.41, 5.74) is 0.554. The van der Waals surface area contributed by atoms with Crippen LogP contribution in [-0.4, -0.2) is 43.5 Å². The lowest BCUT2D eigenvalue weighted by Gasteiger charge is -2.15.